The van der Waals surface area contributed by atoms with E-state index in [4.69, 9.17) is 9.47 Å². The molecular weight excluding hydrogens is 604 g/mol. The first-order chi connectivity index (χ1) is 22.0. The molecule has 11 heteroatoms. The minimum absolute atomic E-state index is 0.267. The van der Waals surface area contributed by atoms with E-state index in [0.29, 0.717) is 55.8 Å². The number of ether oxygens (including phenoxy) is 2. The van der Waals surface area contributed by atoms with E-state index in [9.17, 15) is 18.0 Å². The van der Waals surface area contributed by atoms with Gasteiger partial charge < -0.3 is 14.8 Å². The summed E-state index contributed by atoms with van der Waals surface area (Å²) in [5.74, 6) is 0.825. The predicted molar refractivity (Wildman–Crippen MR) is 177 cm³/mol. The first-order valence-electron chi connectivity index (χ1n) is 16.9. The Balaban J connectivity index is 1.27. The average molecular weight is 653 g/mol. The highest BCUT2D eigenvalue weighted by molar-refractivity contribution is 7.91. The first kappa shape index (κ1) is 32.7. The van der Waals surface area contributed by atoms with Crippen molar-refractivity contribution in [2.45, 2.75) is 101 Å². The lowest BCUT2D eigenvalue weighted by Gasteiger charge is -2.28. The van der Waals surface area contributed by atoms with Crippen molar-refractivity contribution < 1.29 is 27.5 Å². The fraction of sp³-hybridized carbons (Fsp3) is 0.629. The molecule has 0 spiro atoms. The number of carbonyl (C=O) groups excluding carboxylic acids is 2. The van der Waals surface area contributed by atoms with Crippen molar-refractivity contribution in [3.05, 3.63) is 42.5 Å². The van der Waals surface area contributed by atoms with Gasteiger partial charge in [0.15, 0.2) is 0 Å². The summed E-state index contributed by atoms with van der Waals surface area (Å²) in [6, 6.07) is 9.18. The zero-order valence-electron chi connectivity index (χ0n) is 27.5. The molecule has 4 aliphatic rings. The average Bonchev–Trinajstić information content (AvgIpc) is 3.91. The van der Waals surface area contributed by atoms with Gasteiger partial charge in [-0.1, -0.05) is 50.6 Å². The molecule has 10 nitrogen and oxygen atoms in total. The number of allylic oxidation sites excluding steroid dienone is 1. The van der Waals surface area contributed by atoms with E-state index in [0.717, 1.165) is 49.4 Å². The van der Waals surface area contributed by atoms with Crippen molar-refractivity contribution >= 4 is 32.6 Å². The third kappa shape index (κ3) is 6.63. The van der Waals surface area contributed by atoms with E-state index in [2.05, 4.69) is 39.8 Å². The third-order valence-corrected chi connectivity index (χ3v) is 12.9. The molecule has 2 aromatic rings. The van der Waals surface area contributed by atoms with Gasteiger partial charge >= 0.3 is 0 Å². The Bertz CT molecular complexity index is 1610. The summed E-state index contributed by atoms with van der Waals surface area (Å²) in [6.07, 6.45) is 10.7. The number of nitrogens with one attached hydrogen (secondary N) is 2. The van der Waals surface area contributed by atoms with Gasteiger partial charge in [-0.3, -0.25) is 19.2 Å². The number of rotatable bonds is 7. The minimum atomic E-state index is -3.85. The molecule has 250 valence electrons. The van der Waals surface area contributed by atoms with Gasteiger partial charge in [0.1, 0.15) is 11.6 Å². The quantitative estimate of drug-likeness (QED) is 0.411. The number of hydrogen-bond acceptors (Lipinski definition) is 8. The van der Waals surface area contributed by atoms with Crippen LogP contribution in [0.5, 0.6) is 11.8 Å². The maximum Gasteiger partial charge on any atom is 0.259 e. The second kappa shape index (κ2) is 12.8. The summed E-state index contributed by atoms with van der Waals surface area (Å²) in [7, 11) is -2.28. The number of pyridine rings is 1. The van der Waals surface area contributed by atoms with Crippen LogP contribution in [0.2, 0.25) is 0 Å². The van der Waals surface area contributed by atoms with Crippen molar-refractivity contribution in [2.75, 3.05) is 20.2 Å². The standard InChI is InChI=1S/C35H48N4O6S/c1-5-24-14-17-39-22-27(45-32-28-13-9-7-11-25(28)19-30(36-32)44-4)20-29(39)31(40)37-35(21-26(35)12-8-6-10-23(2)18-24)33(41)38-46(42,43)34(3)15-16-34/h7-9,11-13,19,23-24,26-27,29H,5-6,10,14-18,20-22H2,1-4H3,(H,37,40)(H,38,41). The highest BCUT2D eigenvalue weighted by Gasteiger charge is 2.63. The van der Waals surface area contributed by atoms with Crippen LogP contribution in [0.3, 0.4) is 0 Å². The second-order valence-electron chi connectivity index (χ2n) is 14.2. The molecule has 2 N–H and O–H groups in total. The molecule has 2 amide bonds. The van der Waals surface area contributed by atoms with Crippen LogP contribution in [-0.2, 0) is 19.6 Å². The Morgan fingerprint density at radius 3 is 2.72 bits per heavy atom. The van der Waals surface area contributed by atoms with Gasteiger partial charge in [0.2, 0.25) is 27.7 Å². The van der Waals surface area contributed by atoms with Gasteiger partial charge in [-0.25, -0.2) is 8.42 Å². The van der Waals surface area contributed by atoms with Gasteiger partial charge in [0, 0.05) is 30.3 Å². The molecule has 46 heavy (non-hydrogen) atoms. The maximum absolute atomic E-state index is 14.2. The fourth-order valence-corrected chi connectivity index (χ4v) is 8.51. The zero-order chi connectivity index (χ0) is 32.7. The third-order valence-electron chi connectivity index (χ3n) is 10.8. The molecule has 1 aromatic heterocycles. The van der Waals surface area contributed by atoms with E-state index in [-0.39, 0.29) is 17.9 Å². The van der Waals surface area contributed by atoms with E-state index in [1.165, 1.54) is 0 Å². The topological polar surface area (TPSA) is 127 Å². The monoisotopic (exact) mass is 652 g/mol. The number of amides is 2. The second-order valence-corrected chi connectivity index (χ2v) is 16.4. The van der Waals surface area contributed by atoms with Crippen LogP contribution in [0.25, 0.3) is 10.8 Å². The number of nitrogens with zero attached hydrogens (tertiary/aromatic N) is 2. The number of aromatic nitrogens is 1. The van der Waals surface area contributed by atoms with Crippen LogP contribution >= 0.6 is 0 Å². The number of fused-ring (bicyclic) bond motifs is 3. The lowest BCUT2D eigenvalue weighted by molar-refractivity contribution is -0.132. The molecule has 3 heterocycles. The highest BCUT2D eigenvalue weighted by Crippen LogP contribution is 2.47. The summed E-state index contributed by atoms with van der Waals surface area (Å²) in [4.78, 5) is 34.7. The Morgan fingerprint density at radius 2 is 1.98 bits per heavy atom. The Hall–Kier alpha value is -3.18. The van der Waals surface area contributed by atoms with Gasteiger partial charge in [0.25, 0.3) is 5.91 Å². The Labute approximate surface area is 272 Å². The van der Waals surface area contributed by atoms with E-state index >= 15 is 0 Å². The van der Waals surface area contributed by atoms with Gasteiger partial charge in [-0.05, 0) is 81.7 Å². The summed E-state index contributed by atoms with van der Waals surface area (Å²) < 4.78 is 39.5. The maximum atomic E-state index is 14.2. The number of methoxy groups -OCH3 is 1. The molecule has 6 unspecified atom stereocenters. The van der Waals surface area contributed by atoms with Crippen LogP contribution in [0.1, 0.15) is 78.6 Å². The molecule has 6 rings (SSSR count). The molecule has 0 radical (unpaired) electrons. The van der Waals surface area contributed by atoms with E-state index in [1.54, 1.807) is 14.0 Å². The molecule has 0 bridgehead atoms. The normalized spacial score (nSPS) is 31.5. The molecular formula is C35H48N4O6S. The van der Waals surface area contributed by atoms with Crippen molar-refractivity contribution in [3.8, 4) is 11.8 Å². The molecule has 1 aromatic carbocycles. The summed E-state index contributed by atoms with van der Waals surface area (Å²) >= 11 is 0. The number of hydrogen-bond donors (Lipinski definition) is 2. The van der Waals surface area contributed by atoms with E-state index in [1.807, 2.05) is 36.4 Å². The highest BCUT2D eigenvalue weighted by atomic mass is 32.2. The van der Waals surface area contributed by atoms with Crippen molar-refractivity contribution in [3.63, 3.8) is 0 Å². The van der Waals surface area contributed by atoms with Crippen LogP contribution in [-0.4, -0.2) is 72.7 Å². The molecule has 3 fully saturated rings. The molecule has 2 saturated carbocycles. The predicted octanol–water partition coefficient (Wildman–Crippen LogP) is 4.73. The van der Waals surface area contributed by atoms with Gasteiger partial charge in [-0.15, -0.1) is 0 Å². The minimum Gasteiger partial charge on any atom is -0.481 e. The number of benzene rings is 1. The Kier molecular flexibility index (Phi) is 9.10. The van der Waals surface area contributed by atoms with Crippen LogP contribution < -0.4 is 19.5 Å². The van der Waals surface area contributed by atoms with Crippen LogP contribution in [0, 0.1) is 17.8 Å². The SMILES string of the molecule is CCC1CCN2CC(Oc3nc(OC)cc4ccccc34)CC2C(=O)NC2(C(=O)NS(=O)(=O)C3(C)CC3)CC2C=CCCC(C)C1. The zero-order valence-corrected chi connectivity index (χ0v) is 28.3. The van der Waals surface area contributed by atoms with E-state index < -0.39 is 32.3 Å². The molecule has 2 aliphatic heterocycles. The number of carbonyl (C=O) groups is 2. The van der Waals surface area contributed by atoms with Crippen molar-refractivity contribution in [2.24, 2.45) is 17.8 Å². The lowest BCUT2D eigenvalue weighted by Crippen LogP contribution is -2.56. The Morgan fingerprint density at radius 1 is 1.20 bits per heavy atom. The number of sulfonamides is 1. The lowest BCUT2D eigenvalue weighted by atomic mass is 9.88. The van der Waals surface area contributed by atoms with Gasteiger partial charge in [0.05, 0.1) is 17.9 Å². The molecule has 1 saturated heterocycles. The van der Waals surface area contributed by atoms with Crippen molar-refractivity contribution in [1.82, 2.24) is 19.9 Å². The summed E-state index contributed by atoms with van der Waals surface area (Å²) in [6.45, 7) is 7.44. The van der Waals surface area contributed by atoms with Crippen molar-refractivity contribution in [1.29, 1.82) is 0 Å². The fourth-order valence-electron chi connectivity index (χ4n) is 7.19. The molecule has 2 aliphatic carbocycles. The summed E-state index contributed by atoms with van der Waals surface area (Å²) in [5, 5.41) is 4.89. The first-order valence-corrected chi connectivity index (χ1v) is 18.3. The van der Waals surface area contributed by atoms with Crippen LogP contribution in [0.4, 0.5) is 0 Å². The largest absolute Gasteiger partial charge is 0.481 e. The molecule has 6 atom stereocenters. The smallest absolute Gasteiger partial charge is 0.259 e. The van der Waals surface area contributed by atoms with Gasteiger partial charge in [-0.2, -0.15) is 4.98 Å². The van der Waals surface area contributed by atoms with Crippen LogP contribution in [0.15, 0.2) is 42.5 Å². The summed E-state index contributed by atoms with van der Waals surface area (Å²) in [5.41, 5.74) is -1.29.